The summed E-state index contributed by atoms with van der Waals surface area (Å²) in [5.74, 6) is -0.470. The molecule has 216 valence electrons. The Balaban J connectivity index is 2.38. The number of carbonyl (C=O) groups excluding carboxylic acids is 3. The van der Waals surface area contributed by atoms with Gasteiger partial charge >= 0.3 is 0 Å². The average molecular weight is 549 g/mol. The molecule has 9 heteroatoms. The Morgan fingerprint density at radius 2 is 1.07 bits per heavy atom. The fourth-order valence-electron chi connectivity index (χ4n) is 4.32. The van der Waals surface area contributed by atoms with Gasteiger partial charge in [-0.1, -0.05) is 45.4 Å². The molecule has 40 heavy (non-hydrogen) atoms. The first kappa shape index (κ1) is 32.2. The Morgan fingerprint density at radius 3 is 1.52 bits per heavy atom. The number of nitrogens with one attached hydrogen (secondary N) is 2. The second-order valence-electron chi connectivity index (χ2n) is 10.2. The lowest BCUT2D eigenvalue weighted by Crippen LogP contribution is -2.29. The third kappa shape index (κ3) is 11.0. The molecule has 2 rings (SSSR count). The highest BCUT2D eigenvalue weighted by Crippen LogP contribution is 2.23. The summed E-state index contributed by atoms with van der Waals surface area (Å²) in [7, 11) is 0. The Hall–Kier alpha value is -4.01. The molecule has 6 N–H and O–H groups in total. The summed E-state index contributed by atoms with van der Waals surface area (Å²) in [6.07, 6.45) is 8.75. The van der Waals surface area contributed by atoms with Crippen molar-refractivity contribution in [2.45, 2.75) is 92.2 Å². The van der Waals surface area contributed by atoms with Crippen molar-refractivity contribution in [1.82, 2.24) is 0 Å². The van der Waals surface area contributed by atoms with Gasteiger partial charge in [0, 0.05) is 33.6 Å². The summed E-state index contributed by atoms with van der Waals surface area (Å²) in [5, 5.41) is 14.8. The largest absolute Gasteiger partial charge is 0.369 e. The van der Waals surface area contributed by atoms with Crippen LogP contribution >= 0.6 is 0 Å². The molecule has 1 unspecified atom stereocenters. The summed E-state index contributed by atoms with van der Waals surface area (Å²) in [5.41, 5.74) is 14.9. The molecule has 0 aliphatic rings. The highest BCUT2D eigenvalue weighted by atomic mass is 16.1. The van der Waals surface area contributed by atoms with E-state index >= 15 is 0 Å². The van der Waals surface area contributed by atoms with E-state index in [4.69, 9.17) is 11.5 Å². The Labute approximate surface area is 237 Å². The van der Waals surface area contributed by atoms with Gasteiger partial charge in [0.1, 0.15) is 0 Å². The number of Topliss-reactive ketones (excluding diaryl/α,β-unsaturated/α-hetero) is 3. The van der Waals surface area contributed by atoms with Gasteiger partial charge in [0.05, 0.1) is 11.9 Å². The predicted octanol–water partition coefficient (Wildman–Crippen LogP) is 6.28. The normalized spacial score (nSPS) is 12.0. The van der Waals surface area contributed by atoms with Crippen LogP contribution in [-0.4, -0.2) is 35.2 Å². The molecule has 0 aliphatic carbocycles. The molecular weight excluding hydrogens is 504 g/mol. The lowest BCUT2D eigenvalue weighted by Gasteiger charge is -2.24. The number of unbranched alkanes of at least 4 members (excludes halogenated alkanes) is 6. The maximum Gasteiger partial charge on any atom is 0.211 e. The molecule has 0 aromatic heterocycles. The van der Waals surface area contributed by atoms with E-state index in [0.29, 0.717) is 33.7 Å². The predicted molar refractivity (Wildman–Crippen MR) is 165 cm³/mol. The molecule has 9 nitrogen and oxygen atoms in total. The van der Waals surface area contributed by atoms with Gasteiger partial charge in [0.2, 0.25) is 5.96 Å². The zero-order chi connectivity index (χ0) is 29.7. The highest BCUT2D eigenvalue weighted by molar-refractivity contribution is 6.04. The zero-order valence-corrected chi connectivity index (χ0v) is 24.5. The molecule has 0 bridgehead atoms. The van der Waals surface area contributed by atoms with Crippen molar-refractivity contribution in [3.8, 4) is 0 Å². The lowest BCUT2D eigenvalue weighted by molar-refractivity contribution is 0.100. The van der Waals surface area contributed by atoms with Crippen molar-refractivity contribution in [1.29, 1.82) is 0 Å². The van der Waals surface area contributed by atoms with Crippen molar-refractivity contribution in [2.24, 2.45) is 21.7 Å². The van der Waals surface area contributed by atoms with Crippen LogP contribution in [0.25, 0.3) is 0 Å². The molecule has 2 aromatic carbocycles. The molecule has 2 aromatic rings. The van der Waals surface area contributed by atoms with Crippen LogP contribution in [-0.2, 0) is 0 Å². The fourth-order valence-corrected chi connectivity index (χ4v) is 4.32. The topological polar surface area (TPSA) is 152 Å². The summed E-state index contributed by atoms with van der Waals surface area (Å²) in [4.78, 5) is 36.6. The summed E-state index contributed by atoms with van der Waals surface area (Å²) >= 11 is 0. The van der Waals surface area contributed by atoms with Crippen LogP contribution in [0.4, 0.5) is 11.4 Å². The number of hydrogen-bond donors (Lipinski definition) is 4. The third-order valence-electron chi connectivity index (χ3n) is 6.60. The van der Waals surface area contributed by atoms with E-state index in [2.05, 4.69) is 27.8 Å². The Kier molecular flexibility index (Phi) is 13.0. The molecule has 0 spiro atoms. The molecule has 0 fully saturated rings. The number of carbonyl (C=O) groups is 3. The minimum Gasteiger partial charge on any atom is -0.369 e. The number of nitrogens with zero attached hydrogens (tertiary/aromatic N) is 2. The summed E-state index contributed by atoms with van der Waals surface area (Å²) in [6, 6.07) is 10.6. The first-order valence-electron chi connectivity index (χ1n) is 14.0. The number of hydrogen-bond acceptors (Lipinski definition) is 7. The quantitative estimate of drug-likeness (QED) is 0.0453. The molecule has 0 saturated heterocycles. The summed E-state index contributed by atoms with van der Waals surface area (Å²) in [6.45, 7) is 8.45. The van der Waals surface area contributed by atoms with Gasteiger partial charge < -0.3 is 22.1 Å². The first-order chi connectivity index (χ1) is 19.0. The zero-order valence-electron chi connectivity index (χ0n) is 24.5. The van der Waals surface area contributed by atoms with Crippen LogP contribution in [0.1, 0.15) is 123 Å². The number of rotatable bonds is 17. The fraction of sp³-hybridized carbons (Fsp3) is 0.452. The van der Waals surface area contributed by atoms with E-state index in [1.54, 1.807) is 37.3 Å². The van der Waals surface area contributed by atoms with E-state index in [9.17, 15) is 14.4 Å². The minimum absolute atomic E-state index is 0.0867. The smallest absolute Gasteiger partial charge is 0.211 e. The van der Waals surface area contributed by atoms with Crippen LogP contribution in [0, 0.1) is 0 Å². The number of ketones is 3. The SMILES string of the molecule is CCCCCCCCCC(Nc1cc(C(C)=O)cc(C(C)=O)c1)Nc1cc(C(C)=O)cc(C(C)=NN=C(N)N)c1. The number of anilines is 2. The van der Waals surface area contributed by atoms with Gasteiger partial charge in [-0.15, -0.1) is 5.10 Å². The minimum atomic E-state index is -0.234. The first-order valence-corrected chi connectivity index (χ1v) is 14.0. The highest BCUT2D eigenvalue weighted by Gasteiger charge is 2.15. The number of nitrogens with two attached hydrogens (primary N) is 2. The molecular formula is C31H44N6O3. The lowest BCUT2D eigenvalue weighted by atomic mass is 10.0. The molecule has 0 radical (unpaired) electrons. The van der Waals surface area contributed by atoms with E-state index in [1.807, 2.05) is 6.07 Å². The number of benzene rings is 2. The van der Waals surface area contributed by atoms with Crippen molar-refractivity contribution in [2.75, 3.05) is 10.6 Å². The third-order valence-corrected chi connectivity index (χ3v) is 6.60. The molecule has 0 heterocycles. The van der Waals surface area contributed by atoms with Crippen LogP contribution in [0.5, 0.6) is 0 Å². The van der Waals surface area contributed by atoms with Gasteiger partial charge in [0.25, 0.3) is 0 Å². The van der Waals surface area contributed by atoms with Crippen LogP contribution in [0.3, 0.4) is 0 Å². The standard InChI is InChI=1S/C31H44N6O3/c1-6-7-8-9-10-11-12-13-30(35-29-18-26(22(4)39)15-27(19-29)23(5)40)34-28-16-24(14-25(17-28)21(3)38)20(2)36-37-31(32)33/h14-19,30,34-35H,6-13H2,1-5H3,(H4,32,33,37). The maximum absolute atomic E-state index is 12.3. The summed E-state index contributed by atoms with van der Waals surface area (Å²) < 4.78 is 0. The Bertz CT molecular complexity index is 1220. The second kappa shape index (κ2) is 16.2. The molecule has 0 aliphatic heterocycles. The Morgan fingerprint density at radius 1 is 0.650 bits per heavy atom. The molecule has 0 saturated carbocycles. The van der Waals surface area contributed by atoms with Gasteiger partial charge in [-0.05, 0) is 76.9 Å². The van der Waals surface area contributed by atoms with Crippen molar-refractivity contribution < 1.29 is 14.4 Å². The van der Waals surface area contributed by atoms with E-state index < -0.39 is 0 Å². The van der Waals surface area contributed by atoms with Crippen LogP contribution < -0.4 is 22.1 Å². The van der Waals surface area contributed by atoms with E-state index in [0.717, 1.165) is 24.9 Å². The monoisotopic (exact) mass is 548 g/mol. The van der Waals surface area contributed by atoms with Crippen molar-refractivity contribution in [3.05, 3.63) is 58.7 Å². The second-order valence-corrected chi connectivity index (χ2v) is 10.2. The van der Waals surface area contributed by atoms with Gasteiger partial charge in [-0.2, -0.15) is 5.10 Å². The van der Waals surface area contributed by atoms with E-state index in [-0.39, 0.29) is 29.5 Å². The number of guanidine groups is 1. The van der Waals surface area contributed by atoms with Crippen LogP contribution in [0.15, 0.2) is 46.6 Å². The van der Waals surface area contributed by atoms with E-state index in [1.165, 1.54) is 52.9 Å². The molecule has 0 amide bonds. The molecule has 1 atom stereocenters. The maximum atomic E-state index is 12.3. The average Bonchev–Trinajstić information content (AvgIpc) is 2.90. The van der Waals surface area contributed by atoms with Crippen molar-refractivity contribution >= 4 is 40.4 Å². The van der Waals surface area contributed by atoms with Crippen LogP contribution in [0.2, 0.25) is 0 Å². The van der Waals surface area contributed by atoms with Gasteiger partial charge in [-0.3, -0.25) is 14.4 Å². The van der Waals surface area contributed by atoms with Crippen molar-refractivity contribution in [3.63, 3.8) is 0 Å². The van der Waals surface area contributed by atoms with Gasteiger partial charge in [-0.25, -0.2) is 0 Å². The van der Waals surface area contributed by atoms with Gasteiger partial charge in [0.15, 0.2) is 17.3 Å².